The van der Waals surface area contributed by atoms with Crippen LogP contribution in [0, 0.1) is 11.3 Å². The van der Waals surface area contributed by atoms with Gasteiger partial charge in [0.2, 0.25) is 0 Å². The van der Waals surface area contributed by atoms with Crippen molar-refractivity contribution in [3.63, 3.8) is 0 Å². The zero-order valence-corrected chi connectivity index (χ0v) is 15.6. The van der Waals surface area contributed by atoms with Crippen LogP contribution >= 0.6 is 0 Å². The number of amides is 1. The molecule has 0 saturated carbocycles. The molecular formula is C22H20N4O2. The van der Waals surface area contributed by atoms with Crippen LogP contribution in [0.25, 0.3) is 0 Å². The van der Waals surface area contributed by atoms with Crippen LogP contribution in [0.2, 0.25) is 0 Å². The van der Waals surface area contributed by atoms with Crippen LogP contribution in [0.4, 0.5) is 17.2 Å². The quantitative estimate of drug-likeness (QED) is 0.653. The molecule has 6 nitrogen and oxygen atoms in total. The number of aromatic nitrogens is 1. The number of benzene rings is 2. The normalized spacial score (nSPS) is 10.2. The van der Waals surface area contributed by atoms with Crippen molar-refractivity contribution >= 4 is 23.1 Å². The molecule has 3 rings (SSSR count). The Labute approximate surface area is 163 Å². The number of anilines is 3. The number of carbonyl (C=O) groups excluding carboxylic acids is 1. The van der Waals surface area contributed by atoms with Crippen molar-refractivity contribution in [3.05, 3.63) is 78.0 Å². The average Bonchev–Trinajstić information content (AvgIpc) is 2.70. The number of hydrogen-bond acceptors (Lipinski definition) is 5. The summed E-state index contributed by atoms with van der Waals surface area (Å²) in [7, 11) is 0. The van der Waals surface area contributed by atoms with E-state index in [2.05, 4.69) is 21.7 Å². The van der Waals surface area contributed by atoms with Crippen molar-refractivity contribution in [2.45, 2.75) is 20.0 Å². The summed E-state index contributed by atoms with van der Waals surface area (Å²) >= 11 is 0. The van der Waals surface area contributed by atoms with Gasteiger partial charge in [-0.15, -0.1) is 0 Å². The molecule has 28 heavy (non-hydrogen) atoms. The van der Waals surface area contributed by atoms with E-state index < -0.39 is 0 Å². The van der Waals surface area contributed by atoms with E-state index >= 15 is 0 Å². The second kappa shape index (κ2) is 8.69. The largest absolute Gasteiger partial charge is 0.489 e. The molecule has 0 spiro atoms. The van der Waals surface area contributed by atoms with Crippen LogP contribution in [-0.4, -0.2) is 17.0 Å². The second-order valence-electron chi connectivity index (χ2n) is 6.37. The molecule has 0 fully saturated rings. The molecule has 0 atom stereocenters. The van der Waals surface area contributed by atoms with Gasteiger partial charge < -0.3 is 15.4 Å². The average molecular weight is 372 g/mol. The first-order valence-corrected chi connectivity index (χ1v) is 8.85. The van der Waals surface area contributed by atoms with Gasteiger partial charge in [-0.1, -0.05) is 18.2 Å². The number of nitriles is 1. The minimum absolute atomic E-state index is 0.00427. The second-order valence-corrected chi connectivity index (χ2v) is 6.37. The van der Waals surface area contributed by atoms with Gasteiger partial charge in [0, 0.05) is 11.9 Å². The van der Waals surface area contributed by atoms with E-state index in [1.165, 1.54) is 6.20 Å². The summed E-state index contributed by atoms with van der Waals surface area (Å²) in [4.78, 5) is 16.8. The number of para-hydroxylation sites is 2. The Balaban J connectivity index is 1.70. The molecule has 2 N–H and O–H groups in total. The van der Waals surface area contributed by atoms with E-state index in [9.17, 15) is 4.79 Å². The number of hydrogen-bond donors (Lipinski definition) is 2. The fraction of sp³-hybridized carbons (Fsp3) is 0.136. The van der Waals surface area contributed by atoms with Gasteiger partial charge in [0.15, 0.2) is 0 Å². The number of pyridine rings is 1. The van der Waals surface area contributed by atoms with Crippen LogP contribution in [0.3, 0.4) is 0 Å². The van der Waals surface area contributed by atoms with Gasteiger partial charge in [-0.05, 0) is 56.3 Å². The number of ether oxygens (including phenoxy) is 1. The SMILES string of the molecule is CC(C)Oc1ccccc1NC(=O)c1ccc(Nc2cccc(C#N)c2)nc1. The first-order valence-electron chi connectivity index (χ1n) is 8.85. The molecule has 0 aliphatic rings. The Bertz CT molecular complexity index is 1010. The van der Waals surface area contributed by atoms with Crippen molar-refractivity contribution in [1.29, 1.82) is 5.26 Å². The monoisotopic (exact) mass is 372 g/mol. The van der Waals surface area contributed by atoms with Crippen LogP contribution in [0.1, 0.15) is 29.8 Å². The molecule has 0 unspecified atom stereocenters. The fourth-order valence-corrected chi connectivity index (χ4v) is 2.54. The Hall–Kier alpha value is -3.85. The summed E-state index contributed by atoms with van der Waals surface area (Å²) in [6.07, 6.45) is 1.50. The van der Waals surface area contributed by atoms with Crippen molar-refractivity contribution in [1.82, 2.24) is 4.98 Å². The molecule has 1 heterocycles. The standard InChI is InChI=1S/C22H20N4O2/c1-15(2)28-20-9-4-3-8-19(20)26-22(27)17-10-11-21(24-14-17)25-18-7-5-6-16(12-18)13-23/h3-12,14-15H,1-2H3,(H,24,25)(H,26,27). The van der Waals surface area contributed by atoms with Crippen molar-refractivity contribution in [2.24, 2.45) is 0 Å². The summed E-state index contributed by atoms with van der Waals surface area (Å²) in [6.45, 7) is 3.86. The van der Waals surface area contributed by atoms with E-state index in [1.807, 2.05) is 38.1 Å². The lowest BCUT2D eigenvalue weighted by Gasteiger charge is -2.14. The number of nitrogens with one attached hydrogen (secondary N) is 2. The molecule has 1 aromatic heterocycles. The third kappa shape index (κ3) is 4.86. The Kier molecular flexibility index (Phi) is 5.87. The summed E-state index contributed by atoms with van der Waals surface area (Å²) in [6, 6.07) is 19.9. The maximum atomic E-state index is 12.5. The molecule has 0 aliphatic carbocycles. The van der Waals surface area contributed by atoms with E-state index in [1.54, 1.807) is 36.4 Å². The van der Waals surface area contributed by atoms with Gasteiger partial charge in [0.1, 0.15) is 11.6 Å². The Morgan fingerprint density at radius 1 is 1.11 bits per heavy atom. The molecule has 2 aromatic carbocycles. The lowest BCUT2D eigenvalue weighted by molar-refractivity contribution is 0.102. The minimum atomic E-state index is -0.273. The number of rotatable bonds is 6. The van der Waals surface area contributed by atoms with Gasteiger partial charge in [0.05, 0.1) is 29.0 Å². The third-order valence-corrected chi connectivity index (χ3v) is 3.79. The zero-order chi connectivity index (χ0) is 19.9. The summed E-state index contributed by atoms with van der Waals surface area (Å²) < 4.78 is 5.72. The lowest BCUT2D eigenvalue weighted by atomic mass is 10.2. The van der Waals surface area contributed by atoms with Crippen molar-refractivity contribution in [3.8, 4) is 11.8 Å². The molecule has 0 saturated heterocycles. The molecule has 3 aromatic rings. The summed E-state index contributed by atoms with van der Waals surface area (Å²) in [5, 5.41) is 14.9. The Morgan fingerprint density at radius 3 is 2.64 bits per heavy atom. The molecule has 0 bridgehead atoms. The van der Waals surface area contributed by atoms with Crippen LogP contribution in [0.5, 0.6) is 5.75 Å². The van der Waals surface area contributed by atoms with Gasteiger partial charge in [0.25, 0.3) is 5.91 Å². The summed E-state index contributed by atoms with van der Waals surface area (Å²) in [5.41, 5.74) is 2.35. The molecule has 0 aliphatic heterocycles. The molecule has 0 radical (unpaired) electrons. The van der Waals surface area contributed by atoms with Crippen LogP contribution in [0.15, 0.2) is 66.9 Å². The molecular weight excluding hydrogens is 352 g/mol. The fourth-order valence-electron chi connectivity index (χ4n) is 2.54. The van der Waals surface area contributed by atoms with Crippen molar-refractivity contribution < 1.29 is 9.53 Å². The van der Waals surface area contributed by atoms with Crippen LogP contribution < -0.4 is 15.4 Å². The summed E-state index contributed by atoms with van der Waals surface area (Å²) in [5.74, 6) is 0.926. The topological polar surface area (TPSA) is 87.0 Å². The number of nitrogens with zero attached hydrogens (tertiary/aromatic N) is 2. The highest BCUT2D eigenvalue weighted by atomic mass is 16.5. The first kappa shape index (κ1) is 18.9. The van der Waals surface area contributed by atoms with Gasteiger partial charge in [-0.2, -0.15) is 5.26 Å². The molecule has 140 valence electrons. The lowest BCUT2D eigenvalue weighted by Crippen LogP contribution is -2.14. The van der Waals surface area contributed by atoms with Gasteiger partial charge in [-0.3, -0.25) is 4.79 Å². The van der Waals surface area contributed by atoms with Crippen LogP contribution in [-0.2, 0) is 0 Å². The predicted octanol–water partition coefficient (Wildman–Crippen LogP) is 4.74. The highest BCUT2D eigenvalue weighted by molar-refractivity contribution is 6.04. The molecule has 6 heteroatoms. The van der Waals surface area contributed by atoms with E-state index in [4.69, 9.17) is 10.00 Å². The smallest absolute Gasteiger partial charge is 0.257 e. The van der Waals surface area contributed by atoms with Crippen molar-refractivity contribution in [2.75, 3.05) is 10.6 Å². The van der Waals surface area contributed by atoms with E-state index in [0.29, 0.717) is 28.4 Å². The highest BCUT2D eigenvalue weighted by Crippen LogP contribution is 2.25. The van der Waals surface area contributed by atoms with Gasteiger partial charge in [-0.25, -0.2) is 4.98 Å². The zero-order valence-electron chi connectivity index (χ0n) is 15.6. The first-order chi connectivity index (χ1) is 13.5. The predicted molar refractivity (Wildman–Crippen MR) is 109 cm³/mol. The highest BCUT2D eigenvalue weighted by Gasteiger charge is 2.11. The third-order valence-electron chi connectivity index (χ3n) is 3.79. The van der Waals surface area contributed by atoms with E-state index in [-0.39, 0.29) is 12.0 Å². The maximum absolute atomic E-state index is 12.5. The van der Waals surface area contributed by atoms with E-state index in [0.717, 1.165) is 5.69 Å². The number of carbonyl (C=O) groups is 1. The Morgan fingerprint density at radius 2 is 1.93 bits per heavy atom. The van der Waals surface area contributed by atoms with Gasteiger partial charge >= 0.3 is 0 Å². The minimum Gasteiger partial charge on any atom is -0.489 e. The maximum Gasteiger partial charge on any atom is 0.257 e. The molecule has 1 amide bonds.